The van der Waals surface area contributed by atoms with Gasteiger partial charge in [-0.15, -0.1) is 0 Å². The fourth-order valence-electron chi connectivity index (χ4n) is 3.82. The first-order valence-electron chi connectivity index (χ1n) is 7.56. The number of aliphatic hydroxyl groups is 1. The average Bonchev–Trinajstić information content (AvgIpc) is 2.38. The molecule has 6 heteroatoms. The number of fused-ring (bicyclic) bond motifs is 1. The van der Waals surface area contributed by atoms with E-state index in [1.807, 2.05) is 0 Å². The average molecular weight is 304 g/mol. The number of hydrogen-bond acceptors (Lipinski definition) is 5. The number of carbonyl (C=O) groups excluding carboxylic acids is 1. The Morgan fingerprint density at radius 1 is 1.15 bits per heavy atom. The number of ketones is 1. The van der Waals surface area contributed by atoms with Crippen LogP contribution in [-0.4, -0.2) is 34.9 Å². The van der Waals surface area contributed by atoms with E-state index in [0.717, 1.165) is 12.8 Å². The van der Waals surface area contributed by atoms with E-state index in [-0.39, 0.29) is 25.4 Å². The number of rotatable bonds is 5. The van der Waals surface area contributed by atoms with Gasteiger partial charge in [-0.05, 0) is 33.1 Å². The van der Waals surface area contributed by atoms with Crippen molar-refractivity contribution in [3.63, 3.8) is 0 Å². The van der Waals surface area contributed by atoms with E-state index in [2.05, 4.69) is 0 Å². The molecule has 2 saturated carbocycles. The van der Waals surface area contributed by atoms with E-state index in [1.54, 1.807) is 13.8 Å². The van der Waals surface area contributed by atoms with Crippen molar-refractivity contribution >= 4 is 13.4 Å². The van der Waals surface area contributed by atoms with Crippen molar-refractivity contribution in [1.82, 2.24) is 0 Å². The van der Waals surface area contributed by atoms with Crippen molar-refractivity contribution in [3.05, 3.63) is 0 Å². The van der Waals surface area contributed by atoms with Crippen LogP contribution in [0, 0.1) is 0 Å². The lowest BCUT2D eigenvalue weighted by Crippen LogP contribution is -2.60. The summed E-state index contributed by atoms with van der Waals surface area (Å²) in [5, 5.41) is 10.1. The topological polar surface area (TPSA) is 72.8 Å². The van der Waals surface area contributed by atoms with Crippen molar-refractivity contribution in [2.24, 2.45) is 0 Å². The molecule has 0 amide bonds. The van der Waals surface area contributed by atoms with Gasteiger partial charge in [0.2, 0.25) is 0 Å². The second kappa shape index (κ2) is 5.88. The SMILES string of the molecule is CCOP(=O)(OCC)[C@@]12CCCC[C@]1(O)CC(=O)CC2. The summed E-state index contributed by atoms with van der Waals surface area (Å²) >= 11 is 0. The molecule has 0 aromatic carbocycles. The van der Waals surface area contributed by atoms with Gasteiger partial charge in [0.1, 0.15) is 10.9 Å². The predicted octanol–water partition coefficient (Wildman–Crippen LogP) is 3.05. The summed E-state index contributed by atoms with van der Waals surface area (Å²) < 4.78 is 24.4. The molecule has 2 fully saturated rings. The van der Waals surface area contributed by atoms with Crippen molar-refractivity contribution in [2.75, 3.05) is 13.2 Å². The maximum absolute atomic E-state index is 13.3. The highest BCUT2D eigenvalue weighted by molar-refractivity contribution is 7.55. The van der Waals surface area contributed by atoms with Gasteiger partial charge in [-0.25, -0.2) is 0 Å². The van der Waals surface area contributed by atoms with Crippen LogP contribution in [0.3, 0.4) is 0 Å². The Labute approximate surface area is 120 Å². The zero-order chi connectivity index (χ0) is 14.9. The molecule has 0 aromatic heterocycles. The molecular weight excluding hydrogens is 279 g/mol. The molecule has 2 rings (SSSR count). The number of Topliss-reactive ketones (excluding diaryl/α,β-unsaturated/α-hetero) is 1. The first kappa shape index (κ1) is 16.2. The monoisotopic (exact) mass is 304 g/mol. The first-order chi connectivity index (χ1) is 9.43. The third kappa shape index (κ3) is 2.39. The fourth-order valence-corrected chi connectivity index (χ4v) is 6.59. The van der Waals surface area contributed by atoms with Crippen molar-refractivity contribution in [1.29, 1.82) is 0 Å². The second-order valence-corrected chi connectivity index (χ2v) is 8.19. The molecule has 5 nitrogen and oxygen atoms in total. The quantitative estimate of drug-likeness (QED) is 0.790. The Hall–Kier alpha value is -0.220. The minimum absolute atomic E-state index is 0.0459. The van der Waals surface area contributed by atoms with Gasteiger partial charge in [0, 0.05) is 12.8 Å². The van der Waals surface area contributed by atoms with Gasteiger partial charge in [-0.3, -0.25) is 9.36 Å². The zero-order valence-corrected chi connectivity index (χ0v) is 13.3. The Kier molecular flexibility index (Phi) is 4.75. The summed E-state index contributed by atoms with van der Waals surface area (Å²) in [6.07, 6.45) is 3.69. The molecule has 2 aliphatic rings. The molecular formula is C14H25O5P. The number of hydrogen-bond donors (Lipinski definition) is 1. The highest BCUT2D eigenvalue weighted by Crippen LogP contribution is 2.71. The maximum Gasteiger partial charge on any atom is 0.339 e. The van der Waals surface area contributed by atoms with Crippen LogP contribution in [0.15, 0.2) is 0 Å². The lowest BCUT2D eigenvalue weighted by Gasteiger charge is -2.54. The van der Waals surface area contributed by atoms with Gasteiger partial charge < -0.3 is 14.2 Å². The van der Waals surface area contributed by atoms with E-state index < -0.39 is 18.4 Å². The van der Waals surface area contributed by atoms with Crippen LogP contribution in [0.5, 0.6) is 0 Å². The van der Waals surface area contributed by atoms with E-state index >= 15 is 0 Å². The summed E-state index contributed by atoms with van der Waals surface area (Å²) in [6, 6.07) is 0. The Balaban J connectivity index is 2.45. The van der Waals surface area contributed by atoms with Crippen LogP contribution in [-0.2, 0) is 18.4 Å². The highest BCUT2D eigenvalue weighted by Gasteiger charge is 2.65. The molecule has 1 N–H and O–H groups in total. The van der Waals surface area contributed by atoms with Gasteiger partial charge in [-0.1, -0.05) is 12.8 Å². The third-order valence-electron chi connectivity index (χ3n) is 4.73. The van der Waals surface area contributed by atoms with Crippen LogP contribution in [0.25, 0.3) is 0 Å². The van der Waals surface area contributed by atoms with E-state index in [4.69, 9.17) is 9.05 Å². The largest absolute Gasteiger partial charge is 0.388 e. The standard InChI is InChI=1S/C14H25O5P/c1-3-18-20(17,19-4-2)14-9-6-5-8-13(14,16)11-12(15)7-10-14/h16H,3-11H2,1-2H3/t13-,14+/m0/s1. The molecule has 0 spiro atoms. The van der Waals surface area contributed by atoms with Gasteiger partial charge in [0.15, 0.2) is 0 Å². The third-order valence-corrected chi connectivity index (χ3v) is 7.83. The molecule has 0 saturated heterocycles. The van der Waals surface area contributed by atoms with Crippen LogP contribution >= 0.6 is 7.60 Å². The van der Waals surface area contributed by atoms with Gasteiger partial charge in [-0.2, -0.15) is 0 Å². The molecule has 0 aromatic rings. The van der Waals surface area contributed by atoms with Crippen LogP contribution in [0.2, 0.25) is 0 Å². The minimum atomic E-state index is -3.44. The Morgan fingerprint density at radius 3 is 2.35 bits per heavy atom. The second-order valence-electron chi connectivity index (χ2n) is 5.82. The first-order valence-corrected chi connectivity index (χ1v) is 9.10. The van der Waals surface area contributed by atoms with Gasteiger partial charge in [0.05, 0.1) is 18.8 Å². The normalized spacial score (nSPS) is 34.9. The zero-order valence-electron chi connectivity index (χ0n) is 12.4. The van der Waals surface area contributed by atoms with Crippen LogP contribution in [0.4, 0.5) is 0 Å². The van der Waals surface area contributed by atoms with Gasteiger partial charge in [0.25, 0.3) is 0 Å². The van der Waals surface area contributed by atoms with Crippen molar-refractivity contribution in [3.8, 4) is 0 Å². The summed E-state index contributed by atoms with van der Waals surface area (Å²) in [4.78, 5) is 11.8. The molecule has 0 heterocycles. The van der Waals surface area contributed by atoms with Crippen LogP contribution < -0.4 is 0 Å². The smallest absolute Gasteiger partial charge is 0.339 e. The summed E-state index contributed by atoms with van der Waals surface area (Å²) in [5.74, 6) is 0.0459. The molecule has 0 radical (unpaired) electrons. The maximum atomic E-state index is 13.3. The molecule has 0 bridgehead atoms. The molecule has 0 aliphatic heterocycles. The van der Waals surface area contributed by atoms with E-state index in [0.29, 0.717) is 25.7 Å². The molecule has 116 valence electrons. The highest BCUT2D eigenvalue weighted by atomic mass is 31.2. The summed E-state index contributed by atoms with van der Waals surface area (Å²) in [5.41, 5.74) is -1.24. The lowest BCUT2D eigenvalue weighted by atomic mass is 9.66. The Morgan fingerprint density at radius 2 is 1.75 bits per heavy atom. The molecule has 0 unspecified atom stereocenters. The summed E-state index contributed by atoms with van der Waals surface area (Å²) in [7, 11) is -3.44. The minimum Gasteiger partial charge on any atom is -0.388 e. The summed E-state index contributed by atoms with van der Waals surface area (Å²) in [6.45, 7) is 4.11. The number of carbonyl (C=O) groups is 1. The van der Waals surface area contributed by atoms with E-state index in [9.17, 15) is 14.5 Å². The molecule has 2 atom stereocenters. The van der Waals surface area contributed by atoms with Crippen LogP contribution in [0.1, 0.15) is 58.8 Å². The Bertz CT molecular complexity index is 414. The van der Waals surface area contributed by atoms with Gasteiger partial charge >= 0.3 is 7.60 Å². The lowest BCUT2D eigenvalue weighted by molar-refractivity contribution is -0.135. The van der Waals surface area contributed by atoms with E-state index in [1.165, 1.54) is 0 Å². The van der Waals surface area contributed by atoms with Crippen molar-refractivity contribution in [2.45, 2.75) is 69.6 Å². The predicted molar refractivity (Wildman–Crippen MR) is 75.9 cm³/mol. The van der Waals surface area contributed by atoms with Crippen molar-refractivity contribution < 1.29 is 23.5 Å². The molecule has 20 heavy (non-hydrogen) atoms. The fraction of sp³-hybridized carbons (Fsp3) is 0.929. The molecule has 2 aliphatic carbocycles.